The van der Waals surface area contributed by atoms with E-state index in [2.05, 4.69) is 5.32 Å². The molecule has 6 heteroatoms. The molecule has 0 saturated carbocycles. The van der Waals surface area contributed by atoms with Crippen LogP contribution in [0.2, 0.25) is 5.02 Å². The predicted octanol–water partition coefficient (Wildman–Crippen LogP) is 1.99. The van der Waals surface area contributed by atoms with Gasteiger partial charge in [0.15, 0.2) is 0 Å². The number of nitrogens with one attached hydrogen (secondary N) is 1. The Morgan fingerprint density at radius 3 is 2.79 bits per heavy atom. The van der Waals surface area contributed by atoms with Crippen LogP contribution in [0.1, 0.15) is 22.3 Å². The first-order valence-corrected chi connectivity index (χ1v) is 8.47. The molecule has 0 spiro atoms. The Morgan fingerprint density at radius 2 is 1.96 bits per heavy atom. The zero-order chi connectivity index (χ0) is 16.9. The molecule has 1 fully saturated rings. The second-order valence-corrected chi connectivity index (χ2v) is 6.28. The third-order valence-electron chi connectivity index (χ3n) is 4.16. The molecule has 0 atom stereocenters. The van der Waals surface area contributed by atoms with Crippen molar-refractivity contribution in [1.29, 1.82) is 0 Å². The second kappa shape index (κ2) is 7.64. The van der Waals surface area contributed by atoms with E-state index in [1.165, 1.54) is 10.6 Å². The number of rotatable bonds is 3. The highest BCUT2D eigenvalue weighted by Gasteiger charge is 2.18. The summed E-state index contributed by atoms with van der Waals surface area (Å²) in [5.41, 5.74) is 1.23. The van der Waals surface area contributed by atoms with Crippen molar-refractivity contribution in [1.82, 2.24) is 14.8 Å². The maximum Gasteiger partial charge on any atom is 0.255 e. The van der Waals surface area contributed by atoms with Gasteiger partial charge in [-0.05, 0) is 30.7 Å². The van der Waals surface area contributed by atoms with E-state index in [1.54, 1.807) is 18.3 Å². The molecule has 3 rings (SSSR count). The summed E-state index contributed by atoms with van der Waals surface area (Å²) in [5.74, 6) is -0.0355. The van der Waals surface area contributed by atoms with Crippen LogP contribution in [-0.2, 0) is 6.54 Å². The van der Waals surface area contributed by atoms with Crippen molar-refractivity contribution in [2.45, 2.75) is 13.0 Å². The fourth-order valence-electron chi connectivity index (χ4n) is 2.82. The Balaban J connectivity index is 1.84. The van der Waals surface area contributed by atoms with Crippen LogP contribution < -0.4 is 10.9 Å². The topological polar surface area (TPSA) is 54.3 Å². The number of carbonyl (C=O) groups is 1. The molecule has 24 heavy (non-hydrogen) atoms. The fraction of sp³-hybridized carbons (Fsp3) is 0.333. The van der Waals surface area contributed by atoms with Gasteiger partial charge >= 0.3 is 0 Å². The highest BCUT2D eigenvalue weighted by atomic mass is 35.5. The molecule has 0 aliphatic carbocycles. The van der Waals surface area contributed by atoms with Crippen LogP contribution in [0, 0.1) is 0 Å². The SMILES string of the molecule is O=C(c1ccc(=O)n(Cc2ccccc2Cl)c1)N1CCCNCC1. The molecule has 0 unspecified atom stereocenters. The van der Waals surface area contributed by atoms with Crippen LogP contribution in [0.4, 0.5) is 0 Å². The summed E-state index contributed by atoms with van der Waals surface area (Å²) in [7, 11) is 0. The van der Waals surface area contributed by atoms with Crippen LogP contribution in [0.25, 0.3) is 0 Å². The molecule has 1 aromatic heterocycles. The predicted molar refractivity (Wildman–Crippen MR) is 94.6 cm³/mol. The van der Waals surface area contributed by atoms with Gasteiger partial charge in [0, 0.05) is 36.9 Å². The lowest BCUT2D eigenvalue weighted by molar-refractivity contribution is 0.0765. The van der Waals surface area contributed by atoms with Crippen molar-refractivity contribution in [2.75, 3.05) is 26.2 Å². The van der Waals surface area contributed by atoms with E-state index in [-0.39, 0.29) is 11.5 Å². The largest absolute Gasteiger partial charge is 0.337 e. The standard InChI is InChI=1S/C18H20ClN3O2/c19-16-5-2-1-4-14(16)12-22-13-15(6-7-17(22)23)18(24)21-10-3-8-20-9-11-21/h1-2,4-7,13,20H,3,8-12H2. The number of amides is 1. The Bertz CT molecular complexity index is 780. The number of benzene rings is 1. The van der Waals surface area contributed by atoms with Crippen molar-refractivity contribution >= 4 is 17.5 Å². The summed E-state index contributed by atoms with van der Waals surface area (Å²) in [5, 5.41) is 3.89. The van der Waals surface area contributed by atoms with Crippen LogP contribution in [-0.4, -0.2) is 41.6 Å². The van der Waals surface area contributed by atoms with Gasteiger partial charge in [0.1, 0.15) is 0 Å². The maximum absolute atomic E-state index is 12.7. The first-order valence-electron chi connectivity index (χ1n) is 8.09. The highest BCUT2D eigenvalue weighted by molar-refractivity contribution is 6.31. The fourth-order valence-corrected chi connectivity index (χ4v) is 3.02. The number of halogens is 1. The summed E-state index contributed by atoms with van der Waals surface area (Å²) < 4.78 is 1.53. The van der Waals surface area contributed by atoms with Crippen molar-refractivity contribution in [2.24, 2.45) is 0 Å². The van der Waals surface area contributed by atoms with E-state index < -0.39 is 0 Å². The lowest BCUT2D eigenvalue weighted by Crippen LogP contribution is -2.35. The molecular weight excluding hydrogens is 326 g/mol. The van der Waals surface area contributed by atoms with Gasteiger partial charge in [-0.2, -0.15) is 0 Å². The molecule has 126 valence electrons. The summed E-state index contributed by atoms with van der Waals surface area (Å²) in [6.45, 7) is 3.49. The summed E-state index contributed by atoms with van der Waals surface area (Å²) in [6, 6.07) is 10.4. The molecular formula is C18H20ClN3O2. The third kappa shape index (κ3) is 3.86. The van der Waals surface area contributed by atoms with E-state index in [0.717, 1.165) is 31.6 Å². The van der Waals surface area contributed by atoms with Gasteiger partial charge in [-0.25, -0.2) is 0 Å². The zero-order valence-corrected chi connectivity index (χ0v) is 14.1. The van der Waals surface area contributed by atoms with Crippen molar-refractivity contribution < 1.29 is 4.79 Å². The van der Waals surface area contributed by atoms with E-state index in [4.69, 9.17) is 11.6 Å². The van der Waals surface area contributed by atoms with Crippen LogP contribution in [0.3, 0.4) is 0 Å². The Morgan fingerprint density at radius 1 is 1.12 bits per heavy atom. The Labute approximate surface area is 145 Å². The van der Waals surface area contributed by atoms with Gasteiger partial charge in [-0.1, -0.05) is 29.8 Å². The first-order chi connectivity index (χ1) is 11.6. The molecule has 2 heterocycles. The molecule has 1 N–H and O–H groups in total. The number of carbonyl (C=O) groups excluding carboxylic acids is 1. The molecule has 1 amide bonds. The molecule has 0 radical (unpaired) electrons. The van der Waals surface area contributed by atoms with E-state index in [1.807, 2.05) is 23.1 Å². The number of pyridine rings is 1. The quantitative estimate of drug-likeness (QED) is 0.925. The van der Waals surface area contributed by atoms with Gasteiger partial charge in [0.05, 0.1) is 12.1 Å². The monoisotopic (exact) mass is 345 g/mol. The van der Waals surface area contributed by atoms with Crippen molar-refractivity contribution in [3.05, 3.63) is 69.1 Å². The van der Waals surface area contributed by atoms with Crippen LogP contribution in [0.5, 0.6) is 0 Å². The zero-order valence-electron chi connectivity index (χ0n) is 13.4. The summed E-state index contributed by atoms with van der Waals surface area (Å²) in [6.07, 6.45) is 2.57. The average molecular weight is 346 g/mol. The minimum atomic E-state index is -0.149. The average Bonchev–Trinajstić information content (AvgIpc) is 2.87. The van der Waals surface area contributed by atoms with E-state index in [9.17, 15) is 9.59 Å². The maximum atomic E-state index is 12.7. The smallest absolute Gasteiger partial charge is 0.255 e. The molecule has 2 aromatic rings. The molecule has 1 aromatic carbocycles. The van der Waals surface area contributed by atoms with E-state index >= 15 is 0 Å². The van der Waals surface area contributed by atoms with Crippen molar-refractivity contribution in [3.8, 4) is 0 Å². The lowest BCUT2D eigenvalue weighted by atomic mass is 10.2. The molecule has 5 nitrogen and oxygen atoms in total. The first kappa shape index (κ1) is 16.7. The van der Waals surface area contributed by atoms with Crippen LogP contribution in [0.15, 0.2) is 47.4 Å². The molecule has 1 saturated heterocycles. The normalized spacial score (nSPS) is 15.1. The van der Waals surface area contributed by atoms with Gasteiger partial charge in [0.25, 0.3) is 11.5 Å². The lowest BCUT2D eigenvalue weighted by Gasteiger charge is -2.20. The van der Waals surface area contributed by atoms with Crippen molar-refractivity contribution in [3.63, 3.8) is 0 Å². The van der Waals surface area contributed by atoms with Gasteiger partial charge < -0.3 is 14.8 Å². The third-order valence-corrected chi connectivity index (χ3v) is 4.52. The number of aromatic nitrogens is 1. The minimum absolute atomic E-state index is 0.0355. The Hall–Kier alpha value is -2.11. The van der Waals surface area contributed by atoms with Gasteiger partial charge in [-0.3, -0.25) is 9.59 Å². The minimum Gasteiger partial charge on any atom is -0.337 e. The van der Waals surface area contributed by atoms with Crippen LogP contribution >= 0.6 is 11.6 Å². The number of hydrogen-bond acceptors (Lipinski definition) is 3. The molecule has 1 aliphatic rings. The second-order valence-electron chi connectivity index (χ2n) is 5.87. The number of nitrogens with zero attached hydrogens (tertiary/aromatic N) is 2. The number of hydrogen-bond donors (Lipinski definition) is 1. The molecule has 0 bridgehead atoms. The molecule has 1 aliphatic heterocycles. The Kier molecular flexibility index (Phi) is 5.33. The van der Waals surface area contributed by atoms with E-state index in [0.29, 0.717) is 23.7 Å². The van der Waals surface area contributed by atoms with Gasteiger partial charge in [0.2, 0.25) is 0 Å². The highest BCUT2D eigenvalue weighted by Crippen LogP contribution is 2.16. The van der Waals surface area contributed by atoms with Gasteiger partial charge in [-0.15, -0.1) is 0 Å². The summed E-state index contributed by atoms with van der Waals surface area (Å²) in [4.78, 5) is 26.7. The summed E-state index contributed by atoms with van der Waals surface area (Å²) >= 11 is 6.17.